The highest BCUT2D eigenvalue weighted by Crippen LogP contribution is 2.32. The summed E-state index contributed by atoms with van der Waals surface area (Å²) in [4.78, 5) is 19.8. The van der Waals surface area contributed by atoms with E-state index in [2.05, 4.69) is 16.1 Å². The minimum absolute atomic E-state index is 0.0282. The first kappa shape index (κ1) is 18.6. The Kier molecular flexibility index (Phi) is 6.10. The van der Waals surface area contributed by atoms with Crippen molar-refractivity contribution < 1.29 is 14.4 Å². The molecule has 4 rings (SSSR count). The number of amides is 1. The maximum absolute atomic E-state index is 11.8. The zero-order valence-electron chi connectivity index (χ0n) is 15.9. The quantitative estimate of drug-likeness (QED) is 0.684. The molecule has 148 valence electrons. The molecule has 4 heterocycles. The molecular formula is C19H34N4O3. The normalized spacial score (nSPS) is 39.4. The SMILES string of the molecule is CCC(=O)N1CCC(C2NOC(C3CC(C4CCOC4)CCN3)N2)CC1. The lowest BCUT2D eigenvalue weighted by Gasteiger charge is -2.36. The van der Waals surface area contributed by atoms with Crippen LogP contribution in [0.2, 0.25) is 0 Å². The number of carbonyl (C=O) groups excluding carboxylic acids is 1. The Morgan fingerprint density at radius 3 is 2.69 bits per heavy atom. The third kappa shape index (κ3) is 4.07. The van der Waals surface area contributed by atoms with E-state index in [1.54, 1.807) is 0 Å². The summed E-state index contributed by atoms with van der Waals surface area (Å²) in [5, 5.41) is 7.32. The molecule has 7 nitrogen and oxygen atoms in total. The molecule has 3 N–H and O–H groups in total. The van der Waals surface area contributed by atoms with Crippen LogP contribution in [0.1, 0.15) is 45.4 Å². The zero-order chi connectivity index (χ0) is 17.9. The summed E-state index contributed by atoms with van der Waals surface area (Å²) >= 11 is 0. The molecule has 0 aliphatic carbocycles. The molecule has 0 aromatic heterocycles. The fourth-order valence-electron chi connectivity index (χ4n) is 5.09. The van der Waals surface area contributed by atoms with Crippen molar-refractivity contribution in [1.29, 1.82) is 0 Å². The number of ether oxygens (including phenoxy) is 1. The van der Waals surface area contributed by atoms with Crippen LogP contribution in [-0.4, -0.2) is 62.1 Å². The Morgan fingerprint density at radius 1 is 1.12 bits per heavy atom. The van der Waals surface area contributed by atoms with Gasteiger partial charge in [0.05, 0.1) is 6.17 Å². The van der Waals surface area contributed by atoms with Crippen molar-refractivity contribution in [2.45, 2.75) is 63.9 Å². The van der Waals surface area contributed by atoms with Crippen molar-refractivity contribution in [3.63, 3.8) is 0 Å². The maximum Gasteiger partial charge on any atom is 0.222 e. The van der Waals surface area contributed by atoms with E-state index in [0.29, 0.717) is 18.4 Å². The zero-order valence-corrected chi connectivity index (χ0v) is 15.9. The predicted octanol–water partition coefficient (Wildman–Crippen LogP) is 0.816. The lowest BCUT2D eigenvalue weighted by molar-refractivity contribution is -0.132. The van der Waals surface area contributed by atoms with E-state index >= 15 is 0 Å². The van der Waals surface area contributed by atoms with Crippen LogP contribution in [0.15, 0.2) is 0 Å². The second-order valence-corrected chi connectivity index (χ2v) is 8.34. The van der Waals surface area contributed by atoms with Crippen molar-refractivity contribution in [3.8, 4) is 0 Å². The van der Waals surface area contributed by atoms with Gasteiger partial charge in [0.1, 0.15) is 6.23 Å². The number of nitrogens with zero attached hydrogens (tertiary/aromatic N) is 1. The number of hydrogen-bond acceptors (Lipinski definition) is 6. The van der Waals surface area contributed by atoms with E-state index in [9.17, 15) is 4.79 Å². The first-order valence-electron chi connectivity index (χ1n) is 10.5. The summed E-state index contributed by atoms with van der Waals surface area (Å²) in [7, 11) is 0. The Bertz CT molecular complexity index is 477. The number of hydroxylamine groups is 1. The average Bonchev–Trinajstić information content (AvgIpc) is 3.40. The van der Waals surface area contributed by atoms with Crippen LogP contribution in [0.25, 0.3) is 0 Å². The third-order valence-electron chi connectivity index (χ3n) is 6.81. The number of piperidine rings is 2. The fraction of sp³-hybridized carbons (Fsp3) is 0.947. The standard InChI is InChI=1S/C19H34N4O3/c1-2-17(24)23-8-4-13(5-9-23)18-21-19(26-22-18)16-11-14(3-7-20-16)15-6-10-25-12-15/h13-16,18-22H,2-12H2,1H3. The van der Waals surface area contributed by atoms with E-state index in [-0.39, 0.29) is 18.3 Å². The first-order chi connectivity index (χ1) is 12.7. The Balaban J connectivity index is 1.25. The van der Waals surface area contributed by atoms with Crippen molar-refractivity contribution in [1.82, 2.24) is 21.0 Å². The molecule has 0 spiro atoms. The molecule has 0 radical (unpaired) electrons. The summed E-state index contributed by atoms with van der Waals surface area (Å²) in [6.07, 6.45) is 6.51. The molecule has 5 atom stereocenters. The van der Waals surface area contributed by atoms with Crippen LogP contribution < -0.4 is 16.1 Å². The van der Waals surface area contributed by atoms with Crippen molar-refractivity contribution >= 4 is 5.91 Å². The summed E-state index contributed by atoms with van der Waals surface area (Å²) in [5.74, 6) is 2.27. The number of likely N-dealkylation sites (tertiary alicyclic amines) is 1. The number of rotatable bonds is 4. The maximum atomic E-state index is 11.8. The lowest BCUT2D eigenvalue weighted by Crippen LogP contribution is -2.53. The fourth-order valence-corrected chi connectivity index (χ4v) is 5.09. The van der Waals surface area contributed by atoms with Gasteiger partial charge in [0.2, 0.25) is 5.91 Å². The van der Waals surface area contributed by atoms with Gasteiger partial charge in [-0.25, -0.2) is 0 Å². The monoisotopic (exact) mass is 366 g/mol. The van der Waals surface area contributed by atoms with E-state index < -0.39 is 0 Å². The number of nitrogens with one attached hydrogen (secondary N) is 3. The number of carbonyl (C=O) groups is 1. The Morgan fingerprint density at radius 2 is 1.96 bits per heavy atom. The van der Waals surface area contributed by atoms with Gasteiger partial charge in [-0.15, -0.1) is 0 Å². The lowest BCUT2D eigenvalue weighted by atomic mass is 9.81. The van der Waals surface area contributed by atoms with Crippen molar-refractivity contribution in [2.24, 2.45) is 17.8 Å². The number of hydrogen-bond donors (Lipinski definition) is 3. The summed E-state index contributed by atoms with van der Waals surface area (Å²) < 4.78 is 5.59. The van der Waals surface area contributed by atoms with E-state index in [1.165, 1.54) is 12.8 Å². The second-order valence-electron chi connectivity index (χ2n) is 8.34. The molecule has 7 heteroatoms. The molecule has 0 aromatic rings. The van der Waals surface area contributed by atoms with E-state index in [1.807, 2.05) is 11.8 Å². The van der Waals surface area contributed by atoms with Crippen molar-refractivity contribution in [3.05, 3.63) is 0 Å². The van der Waals surface area contributed by atoms with E-state index in [4.69, 9.17) is 9.57 Å². The minimum Gasteiger partial charge on any atom is -0.381 e. The van der Waals surface area contributed by atoms with Gasteiger partial charge >= 0.3 is 0 Å². The molecule has 0 bridgehead atoms. The van der Waals surface area contributed by atoms with Crippen LogP contribution in [-0.2, 0) is 14.4 Å². The molecular weight excluding hydrogens is 332 g/mol. The second kappa shape index (κ2) is 8.52. The van der Waals surface area contributed by atoms with Crippen LogP contribution in [0, 0.1) is 17.8 Å². The van der Waals surface area contributed by atoms with E-state index in [0.717, 1.165) is 63.9 Å². The van der Waals surface area contributed by atoms with Gasteiger partial charge in [-0.3, -0.25) is 14.9 Å². The minimum atomic E-state index is 0.0282. The first-order valence-corrected chi connectivity index (χ1v) is 10.5. The van der Waals surface area contributed by atoms with Crippen LogP contribution in [0.4, 0.5) is 0 Å². The van der Waals surface area contributed by atoms with Crippen LogP contribution >= 0.6 is 0 Å². The highest BCUT2D eigenvalue weighted by molar-refractivity contribution is 5.75. The molecule has 26 heavy (non-hydrogen) atoms. The Hall–Kier alpha value is -0.730. The molecule has 1 amide bonds. The third-order valence-corrected chi connectivity index (χ3v) is 6.81. The van der Waals surface area contributed by atoms with Gasteiger partial charge < -0.3 is 15.0 Å². The predicted molar refractivity (Wildman–Crippen MR) is 98.0 cm³/mol. The largest absolute Gasteiger partial charge is 0.381 e. The average molecular weight is 367 g/mol. The molecule has 4 fully saturated rings. The molecule has 5 unspecified atom stereocenters. The highest BCUT2D eigenvalue weighted by atomic mass is 16.7. The van der Waals surface area contributed by atoms with Crippen molar-refractivity contribution in [2.75, 3.05) is 32.8 Å². The van der Waals surface area contributed by atoms with Crippen LogP contribution in [0.5, 0.6) is 0 Å². The van der Waals surface area contributed by atoms with Gasteiger partial charge in [0.25, 0.3) is 0 Å². The molecule has 4 saturated heterocycles. The van der Waals surface area contributed by atoms with Gasteiger partial charge in [-0.1, -0.05) is 6.92 Å². The van der Waals surface area contributed by atoms with Gasteiger partial charge in [-0.2, -0.15) is 5.48 Å². The van der Waals surface area contributed by atoms with Gasteiger partial charge in [0, 0.05) is 38.8 Å². The smallest absolute Gasteiger partial charge is 0.222 e. The van der Waals surface area contributed by atoms with Gasteiger partial charge in [-0.05, 0) is 56.4 Å². The summed E-state index contributed by atoms with van der Waals surface area (Å²) in [6, 6.07) is 0.355. The Labute approximate surface area is 156 Å². The molecule has 4 aliphatic heterocycles. The molecule has 4 aliphatic rings. The topological polar surface area (TPSA) is 74.9 Å². The molecule has 0 aromatic carbocycles. The van der Waals surface area contributed by atoms with Gasteiger partial charge in [0.15, 0.2) is 0 Å². The van der Waals surface area contributed by atoms with Crippen LogP contribution in [0.3, 0.4) is 0 Å². The highest BCUT2D eigenvalue weighted by Gasteiger charge is 2.40. The molecule has 0 saturated carbocycles. The summed E-state index contributed by atoms with van der Waals surface area (Å²) in [5.41, 5.74) is 3.24. The summed E-state index contributed by atoms with van der Waals surface area (Å²) in [6.45, 7) is 6.61.